The highest BCUT2D eigenvalue weighted by Gasteiger charge is 2.46. The van der Waals surface area contributed by atoms with E-state index in [1.165, 1.54) is 78.0 Å². The van der Waals surface area contributed by atoms with Gasteiger partial charge in [0, 0.05) is 63.2 Å². The number of methoxy groups -OCH3 is 5. The smallest absolute Gasteiger partial charge is 0.508 e. The van der Waals surface area contributed by atoms with E-state index in [9.17, 15) is 48.2 Å². The minimum Gasteiger partial charge on any atom is -0.508 e. The number of hydrogen-bond acceptors (Lipinski definition) is 18. The van der Waals surface area contributed by atoms with Crippen molar-refractivity contribution in [2.75, 3.05) is 54.5 Å². The minimum atomic E-state index is -2.87. The lowest BCUT2D eigenvalue weighted by Gasteiger charge is -2.36. The first-order valence-electron chi connectivity index (χ1n) is 25.6. The summed E-state index contributed by atoms with van der Waals surface area (Å²) in [6.45, 7) is 0. The maximum atomic E-state index is 14.8. The van der Waals surface area contributed by atoms with Crippen molar-refractivity contribution in [1.29, 1.82) is 0 Å². The third kappa shape index (κ3) is 27.9. The number of carbonyl (C=O) groups is 7. The lowest BCUT2D eigenvalue weighted by molar-refractivity contribution is -0.156. The van der Waals surface area contributed by atoms with Crippen LogP contribution in [0, 0.1) is 0 Å². The molecular weight excluding hydrogens is 1190 g/mol. The normalized spacial score (nSPS) is 13.9. The molecule has 14 N–H and O–H groups in total. The molecule has 478 valence electrons. The maximum absolute atomic E-state index is 14.8. The first kappa shape index (κ1) is 76.9. The number of aromatic carboxylic acids is 3. The Morgan fingerprint density at radius 3 is 1.55 bits per heavy atom. The Kier molecular flexibility index (Phi) is 34.2. The number of carbonyl (C=O) groups excluding carboxylic acids is 1. The van der Waals surface area contributed by atoms with E-state index in [1.54, 1.807) is 66.7 Å². The predicted octanol–water partition coefficient (Wildman–Crippen LogP) is 6.64. The van der Waals surface area contributed by atoms with Crippen LogP contribution in [0.2, 0.25) is 0 Å². The zero-order valence-corrected chi connectivity index (χ0v) is 50.0. The number of ether oxygens (including phenoxy) is 5. The Labute approximate surface area is 511 Å². The van der Waals surface area contributed by atoms with E-state index in [-0.39, 0.29) is 52.4 Å². The number of halogens is 1. The number of Topliss-reactive ketones (excluding diaryl/α,β-unsaturated/α-hetero) is 1. The van der Waals surface area contributed by atoms with Crippen molar-refractivity contribution in [1.82, 2.24) is 0 Å². The quantitative estimate of drug-likeness (QED) is 0.0298. The van der Waals surface area contributed by atoms with Gasteiger partial charge in [-0.25, -0.2) is 28.4 Å². The second-order valence-corrected chi connectivity index (χ2v) is 18.6. The summed E-state index contributed by atoms with van der Waals surface area (Å²) >= 11 is 0. The number of carboxylic acid groups (broad SMARTS) is 6. The summed E-state index contributed by atoms with van der Waals surface area (Å²) in [6.07, 6.45) is 1.61. The zero-order chi connectivity index (χ0) is 67.6. The van der Waals surface area contributed by atoms with Crippen LogP contribution in [-0.4, -0.2) is 166 Å². The fraction of sp³-hybridized carbons (Fsp3) is 0.230. The van der Waals surface area contributed by atoms with E-state index in [0.717, 1.165) is 28.5 Å². The summed E-state index contributed by atoms with van der Waals surface area (Å²) in [5, 5.41) is 70.5. The number of nitrogens with zero attached hydrogens (tertiary/aromatic N) is 1. The summed E-state index contributed by atoms with van der Waals surface area (Å²) in [5.74, 6) is -8.83. The van der Waals surface area contributed by atoms with E-state index in [4.69, 9.17) is 80.1 Å². The molecule has 6 aromatic carbocycles. The summed E-state index contributed by atoms with van der Waals surface area (Å²) in [5.41, 5.74) is 15.3. The summed E-state index contributed by atoms with van der Waals surface area (Å²) in [4.78, 5) is 90.5. The topological polar surface area (TPSA) is 440 Å². The van der Waals surface area contributed by atoms with Crippen LogP contribution in [0.4, 0.5) is 10.1 Å². The molecule has 0 saturated carbocycles. The average Bonchev–Trinajstić information content (AvgIpc) is 0.892. The molecule has 3 unspecified atom stereocenters. The molecule has 0 aliphatic heterocycles. The molecule has 0 bridgehead atoms. The van der Waals surface area contributed by atoms with E-state index in [1.807, 2.05) is 61.5 Å². The SMILES string of the molecule is CN(C)c1cccc(C(=O)O)c1.COC1C(C(N)Cc2ccccc2)=C(C(=O)O)C=CC1(F)OC.COc1cc(O)c(C(=O)O)c(OC)c1.COc1ccc(C(=O)O)cc1.N[C@@H](Cc1ccc(O)cc1)C(=O)O.O=C(O)C(=O)Cc1ccccc1.O=[P+](O)O. The molecule has 6 aromatic rings. The Balaban J connectivity index is 0.000000538. The summed E-state index contributed by atoms with van der Waals surface area (Å²) in [6, 6.07) is 38.5. The van der Waals surface area contributed by atoms with Crippen LogP contribution in [0.3, 0.4) is 0 Å². The van der Waals surface area contributed by atoms with E-state index in [0.29, 0.717) is 23.5 Å². The van der Waals surface area contributed by atoms with Gasteiger partial charge >= 0.3 is 44.1 Å². The number of benzene rings is 6. The Bertz CT molecular complexity index is 3330. The van der Waals surface area contributed by atoms with Crippen LogP contribution < -0.4 is 30.6 Å². The average molecular weight is 1260 g/mol. The summed E-state index contributed by atoms with van der Waals surface area (Å²) in [7, 11) is 7.64. The second kappa shape index (κ2) is 39.6. The maximum Gasteiger partial charge on any atom is 0.692 e. The molecule has 0 aromatic heterocycles. The number of anilines is 1. The molecule has 1 aliphatic carbocycles. The monoisotopic (exact) mass is 1260 g/mol. The molecule has 0 radical (unpaired) electrons. The fourth-order valence-corrected chi connectivity index (χ4v) is 7.31. The largest absolute Gasteiger partial charge is 0.692 e. The molecule has 0 spiro atoms. The van der Waals surface area contributed by atoms with Gasteiger partial charge in [-0.15, -0.1) is 9.79 Å². The van der Waals surface area contributed by atoms with Crippen LogP contribution in [0.1, 0.15) is 47.8 Å². The van der Waals surface area contributed by atoms with Crippen molar-refractivity contribution >= 4 is 55.5 Å². The molecule has 7 rings (SSSR count). The number of carboxylic acids is 6. The van der Waals surface area contributed by atoms with Crippen LogP contribution in [0.5, 0.6) is 28.7 Å². The fourth-order valence-electron chi connectivity index (χ4n) is 7.31. The van der Waals surface area contributed by atoms with Crippen molar-refractivity contribution in [3.8, 4) is 28.7 Å². The number of ketones is 1. The van der Waals surface area contributed by atoms with Gasteiger partial charge in [0.25, 0.3) is 5.85 Å². The number of alkyl halides is 1. The molecule has 0 saturated heterocycles. The van der Waals surface area contributed by atoms with E-state index in [2.05, 4.69) is 0 Å². The first-order valence-corrected chi connectivity index (χ1v) is 26.8. The molecule has 1 aliphatic rings. The number of hydrogen-bond donors (Lipinski definition) is 12. The molecule has 0 amide bonds. The Morgan fingerprint density at radius 1 is 0.607 bits per heavy atom. The third-order valence-corrected chi connectivity index (χ3v) is 11.7. The molecule has 0 fully saturated rings. The minimum absolute atomic E-state index is 0.0316. The lowest BCUT2D eigenvalue weighted by Crippen LogP contribution is -2.48. The number of aliphatic carboxylic acids is 3. The highest BCUT2D eigenvalue weighted by Crippen LogP contribution is 2.36. The number of phenols is 2. The number of aromatic hydroxyl groups is 2. The van der Waals surface area contributed by atoms with Crippen molar-refractivity contribution in [3.05, 3.63) is 202 Å². The van der Waals surface area contributed by atoms with Gasteiger partial charge in [-0.05, 0) is 102 Å². The predicted molar refractivity (Wildman–Crippen MR) is 322 cm³/mol. The zero-order valence-electron chi connectivity index (χ0n) is 49.1. The molecule has 26 nitrogen and oxygen atoms in total. The number of rotatable bonds is 19. The molecule has 28 heteroatoms. The lowest BCUT2D eigenvalue weighted by atomic mass is 9.84. The van der Waals surface area contributed by atoms with Gasteiger partial charge in [-0.3, -0.25) is 9.59 Å². The van der Waals surface area contributed by atoms with Gasteiger partial charge in [0.1, 0.15) is 46.5 Å². The van der Waals surface area contributed by atoms with Gasteiger partial charge in [-0.2, -0.15) is 0 Å². The van der Waals surface area contributed by atoms with Gasteiger partial charge in [-0.1, -0.05) is 78.9 Å². The van der Waals surface area contributed by atoms with Crippen LogP contribution in [0.15, 0.2) is 169 Å². The Morgan fingerprint density at radius 2 is 1.12 bits per heavy atom. The highest BCUT2D eigenvalue weighted by molar-refractivity contribution is 7.30. The van der Waals surface area contributed by atoms with Gasteiger partial charge in [0.2, 0.25) is 5.78 Å². The van der Waals surface area contributed by atoms with Crippen molar-refractivity contribution in [2.45, 2.75) is 43.3 Å². The first-order chi connectivity index (χ1) is 41.9. The van der Waals surface area contributed by atoms with Crippen molar-refractivity contribution in [3.63, 3.8) is 0 Å². The standard InChI is InChI=1S/C17H20FNO4.C9H11NO3.C9H11NO2.C9H10O5.C9H8O3.C8H8O3.HO3P/c1-22-15-14(13(19)10-11-6-4-3-5-7-11)12(16(20)21)8-9-17(15,18)23-2;10-8(9(12)13)5-6-1-3-7(11)4-2-6;1-10(2)8-5-3-4-7(6-8)9(11)12;1-13-5-3-6(10)8(9(11)12)7(4-5)14-2;10-8(9(11)12)6-7-4-2-1-3-5-7;1-11-7-4-2-6(3-5-7)8(9)10;1-4(2)3/h3-9,13,15H,10,19H2,1-2H3,(H,20,21);1-4,8,11H,5,10H2,(H,12,13);3-6H,1-2H3,(H,11,12);3-4,10H,1-2H3,(H,11,12);1-5H,6H2,(H,11,12);2-5H,1H3,(H,9,10);(H-,1,2,3)/p+1/t;8-;;;;;/m.0...../s1. The van der Waals surface area contributed by atoms with Gasteiger partial charge < -0.3 is 80.9 Å². The third-order valence-electron chi connectivity index (χ3n) is 11.7. The number of phenolic OH excluding ortho intramolecular Hbond substituents is 1. The van der Waals surface area contributed by atoms with E-state index < -0.39 is 73.9 Å². The summed E-state index contributed by atoms with van der Waals surface area (Å²) < 4.78 is 48.1. The Hall–Kier alpha value is -10.1. The van der Waals surface area contributed by atoms with Gasteiger partial charge in [0.05, 0.1) is 38.0 Å². The van der Waals surface area contributed by atoms with Crippen molar-refractivity contribution < 1.29 is 117 Å². The highest BCUT2D eigenvalue weighted by atomic mass is 31.1. The second-order valence-electron chi connectivity index (χ2n) is 18.1. The van der Waals surface area contributed by atoms with Crippen LogP contribution in [0.25, 0.3) is 0 Å². The molecule has 4 atom stereocenters. The molecule has 89 heavy (non-hydrogen) atoms. The van der Waals surface area contributed by atoms with E-state index >= 15 is 0 Å². The van der Waals surface area contributed by atoms with Crippen molar-refractivity contribution in [2.24, 2.45) is 11.5 Å². The van der Waals surface area contributed by atoms with Crippen LogP contribution >= 0.6 is 8.25 Å². The number of nitrogens with two attached hydrogens (primary N) is 2. The molecule has 0 heterocycles. The molecular formula is C61H70FN3O23P+. The van der Waals surface area contributed by atoms with Crippen LogP contribution in [-0.2, 0) is 52.5 Å². The van der Waals surface area contributed by atoms with Gasteiger partial charge in [0.15, 0.2) is 0 Å².